The second kappa shape index (κ2) is 10.9. The van der Waals surface area contributed by atoms with Crippen LogP contribution in [0, 0.1) is 0 Å². The van der Waals surface area contributed by atoms with Crippen molar-refractivity contribution in [2.75, 3.05) is 43.9 Å². The molecule has 1 fully saturated rings. The molecule has 1 heterocycles. The van der Waals surface area contributed by atoms with Gasteiger partial charge in [-0.15, -0.1) is 12.4 Å². The first-order valence-electron chi connectivity index (χ1n) is 11.8. The molecular weight excluding hydrogens is 464 g/mol. The fraction of sp³-hybridized carbons (Fsp3) is 0.481. The van der Waals surface area contributed by atoms with Gasteiger partial charge in [0.05, 0.1) is 11.4 Å². The van der Waals surface area contributed by atoms with Crippen molar-refractivity contribution in [1.82, 2.24) is 9.80 Å². The number of nitrogens with one attached hydrogen (secondary N) is 2. The van der Waals surface area contributed by atoms with Crippen LogP contribution in [0.4, 0.5) is 16.2 Å². The minimum absolute atomic E-state index is 0. The third-order valence-corrected chi connectivity index (χ3v) is 6.20. The van der Waals surface area contributed by atoms with Crippen LogP contribution < -0.4 is 10.6 Å². The zero-order valence-electron chi connectivity index (χ0n) is 21.9. The number of para-hydroxylation sites is 2. The molecule has 0 bridgehead atoms. The van der Waals surface area contributed by atoms with Gasteiger partial charge in [0.1, 0.15) is 5.75 Å². The Kier molecular flexibility index (Phi) is 8.84. The van der Waals surface area contributed by atoms with Crippen molar-refractivity contribution in [3.63, 3.8) is 0 Å². The SMILES string of the molecule is CN1CCN(C(=O)Nc2ccccc2NC(=O)c2cc(C(C)(C)C)c(O)c(C(C)(C)C)c2)CC1.Cl. The number of hydrogen-bond donors (Lipinski definition) is 3. The van der Waals surface area contributed by atoms with Crippen LogP contribution in [0.2, 0.25) is 0 Å². The number of amides is 3. The average Bonchev–Trinajstić information content (AvgIpc) is 2.74. The first-order chi connectivity index (χ1) is 15.8. The van der Waals surface area contributed by atoms with E-state index in [4.69, 9.17) is 0 Å². The molecule has 1 saturated heterocycles. The van der Waals surface area contributed by atoms with E-state index in [-0.39, 0.29) is 40.9 Å². The van der Waals surface area contributed by atoms with Crippen molar-refractivity contribution < 1.29 is 14.7 Å². The molecule has 1 aliphatic heterocycles. The topological polar surface area (TPSA) is 84.9 Å². The third kappa shape index (κ3) is 6.89. The van der Waals surface area contributed by atoms with E-state index in [1.807, 2.05) is 60.7 Å². The van der Waals surface area contributed by atoms with Crippen LogP contribution in [0.3, 0.4) is 0 Å². The third-order valence-electron chi connectivity index (χ3n) is 6.20. The van der Waals surface area contributed by atoms with E-state index in [9.17, 15) is 14.7 Å². The summed E-state index contributed by atoms with van der Waals surface area (Å²) >= 11 is 0. The van der Waals surface area contributed by atoms with Crippen molar-refractivity contribution in [3.8, 4) is 5.75 Å². The van der Waals surface area contributed by atoms with Crippen LogP contribution in [0.15, 0.2) is 36.4 Å². The van der Waals surface area contributed by atoms with Crippen LogP contribution in [0.5, 0.6) is 5.75 Å². The minimum Gasteiger partial charge on any atom is -0.507 e. The molecule has 8 heteroatoms. The molecule has 0 spiro atoms. The normalized spacial score (nSPS) is 14.8. The Morgan fingerprint density at radius 2 is 1.29 bits per heavy atom. The Morgan fingerprint density at radius 1 is 0.829 bits per heavy atom. The van der Waals surface area contributed by atoms with Crippen molar-refractivity contribution in [1.29, 1.82) is 0 Å². The van der Waals surface area contributed by atoms with E-state index >= 15 is 0 Å². The van der Waals surface area contributed by atoms with Gasteiger partial charge in [-0.2, -0.15) is 0 Å². The van der Waals surface area contributed by atoms with Crippen LogP contribution in [-0.2, 0) is 10.8 Å². The standard InChI is InChI=1S/C27H38N4O3.ClH/c1-26(2,3)19-16-18(17-20(23(19)32)27(4,5)6)24(33)28-21-10-8-9-11-22(21)29-25(34)31-14-12-30(7)13-15-31;/h8-11,16-17,32H,12-15H2,1-7H3,(H,28,33)(H,29,34);1H. The van der Waals surface area contributed by atoms with Gasteiger partial charge in [-0.05, 0) is 42.1 Å². The van der Waals surface area contributed by atoms with Crippen molar-refractivity contribution in [3.05, 3.63) is 53.1 Å². The summed E-state index contributed by atoms with van der Waals surface area (Å²) in [4.78, 5) is 30.1. The van der Waals surface area contributed by atoms with E-state index < -0.39 is 0 Å². The largest absolute Gasteiger partial charge is 0.507 e. The van der Waals surface area contributed by atoms with Gasteiger partial charge in [0, 0.05) is 42.9 Å². The van der Waals surface area contributed by atoms with Gasteiger partial charge in [0.15, 0.2) is 0 Å². The monoisotopic (exact) mass is 502 g/mol. The molecular formula is C27H39ClN4O3. The fourth-order valence-corrected chi connectivity index (χ4v) is 4.01. The molecule has 0 aliphatic carbocycles. The van der Waals surface area contributed by atoms with Crippen LogP contribution in [0.25, 0.3) is 0 Å². The maximum Gasteiger partial charge on any atom is 0.321 e. The molecule has 3 amide bonds. The van der Waals surface area contributed by atoms with Gasteiger partial charge in [0.2, 0.25) is 0 Å². The van der Waals surface area contributed by atoms with Crippen LogP contribution in [-0.4, -0.2) is 60.1 Å². The lowest BCUT2D eigenvalue weighted by atomic mass is 9.78. The highest BCUT2D eigenvalue weighted by Crippen LogP contribution is 2.40. The first kappa shape index (κ1) is 28.5. The number of nitrogens with zero attached hydrogens (tertiary/aromatic N) is 2. The minimum atomic E-state index is -0.339. The van der Waals surface area contributed by atoms with E-state index in [0.717, 1.165) is 24.2 Å². The van der Waals surface area contributed by atoms with Gasteiger partial charge in [0.25, 0.3) is 5.91 Å². The molecule has 2 aromatic rings. The van der Waals surface area contributed by atoms with Crippen molar-refractivity contribution in [2.45, 2.75) is 52.4 Å². The number of aromatic hydroxyl groups is 1. The van der Waals surface area contributed by atoms with Gasteiger partial charge in [-0.3, -0.25) is 4.79 Å². The summed E-state index contributed by atoms with van der Waals surface area (Å²) in [5, 5.41) is 16.9. The Labute approximate surface area is 215 Å². The van der Waals surface area contributed by atoms with Crippen LogP contribution >= 0.6 is 12.4 Å². The summed E-state index contributed by atoms with van der Waals surface area (Å²) in [5.41, 5.74) is 2.31. The lowest BCUT2D eigenvalue weighted by molar-refractivity contribution is 0.102. The fourth-order valence-electron chi connectivity index (χ4n) is 4.01. The molecule has 0 aromatic heterocycles. The Bertz CT molecular complexity index is 1030. The highest BCUT2D eigenvalue weighted by atomic mass is 35.5. The zero-order chi connectivity index (χ0) is 25.3. The summed E-state index contributed by atoms with van der Waals surface area (Å²) in [6.07, 6.45) is 0. The van der Waals surface area contributed by atoms with E-state index in [2.05, 4.69) is 15.5 Å². The predicted molar refractivity (Wildman–Crippen MR) is 145 cm³/mol. The highest BCUT2D eigenvalue weighted by molar-refractivity contribution is 6.07. The Morgan fingerprint density at radius 3 is 1.74 bits per heavy atom. The summed E-state index contributed by atoms with van der Waals surface area (Å²) < 4.78 is 0. The lowest BCUT2D eigenvalue weighted by Gasteiger charge is -2.32. The molecule has 2 aromatic carbocycles. The highest BCUT2D eigenvalue weighted by Gasteiger charge is 2.28. The second-order valence-corrected chi connectivity index (χ2v) is 11.1. The molecule has 192 valence electrons. The van der Waals surface area contributed by atoms with Crippen molar-refractivity contribution in [2.24, 2.45) is 0 Å². The number of hydrogen-bond acceptors (Lipinski definition) is 4. The maximum atomic E-state index is 13.3. The molecule has 0 unspecified atom stereocenters. The first-order valence-corrected chi connectivity index (χ1v) is 11.8. The Balaban J connectivity index is 0.00000432. The summed E-state index contributed by atoms with van der Waals surface area (Å²) in [6, 6.07) is 10.5. The van der Waals surface area contributed by atoms with Crippen LogP contribution in [0.1, 0.15) is 63.0 Å². The lowest BCUT2D eigenvalue weighted by Crippen LogP contribution is -2.48. The van der Waals surface area contributed by atoms with E-state index in [0.29, 0.717) is 30.0 Å². The number of carbonyl (C=O) groups is 2. The molecule has 3 N–H and O–H groups in total. The predicted octanol–water partition coefficient (Wildman–Crippen LogP) is 5.44. The summed E-state index contributed by atoms with van der Waals surface area (Å²) in [7, 11) is 2.04. The molecule has 0 radical (unpaired) electrons. The number of benzene rings is 2. The number of piperazine rings is 1. The zero-order valence-corrected chi connectivity index (χ0v) is 22.7. The average molecular weight is 503 g/mol. The molecule has 0 saturated carbocycles. The van der Waals surface area contributed by atoms with E-state index in [1.54, 1.807) is 29.2 Å². The smallest absolute Gasteiger partial charge is 0.321 e. The number of urea groups is 1. The summed E-state index contributed by atoms with van der Waals surface area (Å²) in [5.74, 6) is -0.0614. The number of anilines is 2. The van der Waals surface area contributed by atoms with E-state index in [1.165, 1.54) is 0 Å². The molecule has 0 atom stereocenters. The number of phenolic OH excluding ortho intramolecular Hbond substituents is 1. The van der Waals surface area contributed by atoms with Gasteiger partial charge < -0.3 is 25.5 Å². The van der Waals surface area contributed by atoms with Crippen molar-refractivity contribution >= 4 is 35.7 Å². The molecule has 7 nitrogen and oxygen atoms in total. The van der Waals surface area contributed by atoms with Gasteiger partial charge >= 0.3 is 6.03 Å². The second-order valence-electron chi connectivity index (χ2n) is 11.1. The number of carbonyl (C=O) groups excluding carboxylic acids is 2. The number of halogens is 1. The Hall–Kier alpha value is -2.77. The number of phenols is 1. The molecule has 1 aliphatic rings. The molecule has 35 heavy (non-hydrogen) atoms. The number of rotatable bonds is 3. The summed E-state index contributed by atoms with van der Waals surface area (Å²) in [6.45, 7) is 15.1. The van der Waals surface area contributed by atoms with Gasteiger partial charge in [-0.25, -0.2) is 4.79 Å². The quantitative estimate of drug-likeness (QED) is 0.521. The number of likely N-dealkylation sites (N-methyl/N-ethyl adjacent to an activating group) is 1. The maximum absolute atomic E-state index is 13.3. The molecule has 3 rings (SSSR count). The van der Waals surface area contributed by atoms with Gasteiger partial charge in [-0.1, -0.05) is 53.7 Å².